The molecule has 3 heteroatoms. The molecule has 2 nitrogen and oxygen atoms in total. The fraction of sp³-hybridized carbons (Fsp3) is 1.00. The molecule has 0 heterocycles. The Labute approximate surface area is 144 Å². The highest BCUT2D eigenvalue weighted by molar-refractivity contribution is 6.20. The Kier molecular flexibility index (Phi) is 16.2. The van der Waals surface area contributed by atoms with Crippen LogP contribution in [0.25, 0.3) is 0 Å². The largest absolute Gasteiger partial charge is 0.392 e. The van der Waals surface area contributed by atoms with Gasteiger partial charge in [-0.15, -0.1) is 11.6 Å². The maximum absolute atomic E-state index is 9.14. The standard InChI is InChI=1S/C19H40ClNO/c1-4-18(5-2)12-10-8-6-7-9-11-13-19(20)14-15-21-16-17(3)22/h17-19,21-22H,4-16H2,1-3H3. The number of halogens is 1. The van der Waals surface area contributed by atoms with E-state index in [2.05, 4.69) is 19.2 Å². The molecule has 0 aliphatic heterocycles. The highest BCUT2D eigenvalue weighted by Crippen LogP contribution is 2.18. The van der Waals surface area contributed by atoms with Gasteiger partial charge in [0.15, 0.2) is 0 Å². The van der Waals surface area contributed by atoms with Crippen molar-refractivity contribution in [2.24, 2.45) is 5.92 Å². The number of aliphatic hydroxyl groups is 1. The third-order valence-corrected chi connectivity index (χ3v) is 5.04. The van der Waals surface area contributed by atoms with E-state index in [1.807, 2.05) is 0 Å². The van der Waals surface area contributed by atoms with E-state index >= 15 is 0 Å². The SMILES string of the molecule is CCC(CC)CCCCCCCCC(Cl)CCNCC(C)O. The molecule has 2 unspecified atom stereocenters. The number of unbranched alkanes of at least 4 members (excludes halogenated alkanes) is 5. The van der Waals surface area contributed by atoms with Gasteiger partial charge in [0.05, 0.1) is 6.10 Å². The first-order valence-corrected chi connectivity index (χ1v) is 10.1. The first-order valence-electron chi connectivity index (χ1n) is 9.62. The molecule has 0 aromatic carbocycles. The van der Waals surface area contributed by atoms with Crippen molar-refractivity contribution in [2.45, 2.75) is 103 Å². The number of rotatable bonds is 16. The molecule has 0 fully saturated rings. The van der Waals surface area contributed by atoms with Crippen LogP contribution in [0.3, 0.4) is 0 Å². The molecule has 0 radical (unpaired) electrons. The van der Waals surface area contributed by atoms with Gasteiger partial charge in [-0.1, -0.05) is 71.6 Å². The lowest BCUT2D eigenvalue weighted by Gasteiger charge is -2.12. The van der Waals surface area contributed by atoms with Crippen LogP contribution in [-0.2, 0) is 0 Å². The highest BCUT2D eigenvalue weighted by atomic mass is 35.5. The first kappa shape index (κ1) is 22.2. The molecule has 0 aromatic heterocycles. The number of alkyl halides is 1. The van der Waals surface area contributed by atoms with Crippen LogP contribution in [0.2, 0.25) is 0 Å². The molecule has 0 aliphatic carbocycles. The molecular formula is C19H40ClNO. The fourth-order valence-electron chi connectivity index (χ4n) is 2.92. The fourth-order valence-corrected chi connectivity index (χ4v) is 3.18. The lowest BCUT2D eigenvalue weighted by atomic mass is 9.95. The summed E-state index contributed by atoms with van der Waals surface area (Å²) in [6, 6.07) is 0. The summed E-state index contributed by atoms with van der Waals surface area (Å²) in [6.45, 7) is 8.01. The molecule has 2 N–H and O–H groups in total. The number of aliphatic hydroxyl groups excluding tert-OH is 1. The van der Waals surface area contributed by atoms with Crippen LogP contribution in [0.15, 0.2) is 0 Å². The lowest BCUT2D eigenvalue weighted by Crippen LogP contribution is -2.26. The van der Waals surface area contributed by atoms with Crippen molar-refractivity contribution in [1.82, 2.24) is 5.32 Å². The lowest BCUT2D eigenvalue weighted by molar-refractivity contribution is 0.191. The number of hydrogen-bond acceptors (Lipinski definition) is 2. The van der Waals surface area contributed by atoms with Gasteiger partial charge in [0.2, 0.25) is 0 Å². The second-order valence-electron chi connectivity index (χ2n) is 6.82. The molecule has 0 aliphatic rings. The van der Waals surface area contributed by atoms with Crippen molar-refractivity contribution >= 4 is 11.6 Å². The number of hydrogen-bond donors (Lipinski definition) is 2. The van der Waals surface area contributed by atoms with Gasteiger partial charge in [0.25, 0.3) is 0 Å². The Morgan fingerprint density at radius 3 is 1.95 bits per heavy atom. The van der Waals surface area contributed by atoms with E-state index in [1.165, 1.54) is 57.8 Å². The molecule has 134 valence electrons. The summed E-state index contributed by atoms with van der Waals surface area (Å²) in [7, 11) is 0. The molecule has 0 saturated heterocycles. The third-order valence-electron chi connectivity index (χ3n) is 4.61. The van der Waals surface area contributed by atoms with Gasteiger partial charge >= 0.3 is 0 Å². The summed E-state index contributed by atoms with van der Waals surface area (Å²) < 4.78 is 0. The molecule has 0 amide bonds. The van der Waals surface area contributed by atoms with E-state index in [0.29, 0.717) is 6.54 Å². The van der Waals surface area contributed by atoms with Crippen LogP contribution >= 0.6 is 11.6 Å². The average Bonchev–Trinajstić information content (AvgIpc) is 2.50. The van der Waals surface area contributed by atoms with Crippen molar-refractivity contribution in [3.8, 4) is 0 Å². The second-order valence-corrected chi connectivity index (χ2v) is 7.44. The zero-order chi connectivity index (χ0) is 16.6. The molecular weight excluding hydrogens is 294 g/mol. The topological polar surface area (TPSA) is 32.3 Å². The zero-order valence-corrected chi connectivity index (χ0v) is 16.0. The normalized spacial score (nSPS) is 14.5. The highest BCUT2D eigenvalue weighted by Gasteiger charge is 2.05. The average molecular weight is 334 g/mol. The summed E-state index contributed by atoms with van der Waals surface area (Å²) in [5, 5.41) is 12.7. The molecule has 0 saturated carbocycles. The van der Waals surface area contributed by atoms with Gasteiger partial charge in [-0.05, 0) is 32.2 Å². The maximum Gasteiger partial charge on any atom is 0.0636 e. The minimum atomic E-state index is -0.265. The molecule has 22 heavy (non-hydrogen) atoms. The summed E-state index contributed by atoms with van der Waals surface area (Å²) in [5.41, 5.74) is 0. The summed E-state index contributed by atoms with van der Waals surface area (Å²) in [5.74, 6) is 0.958. The molecule has 0 aromatic rings. The quantitative estimate of drug-likeness (QED) is 0.288. The Hall–Kier alpha value is 0.210. The van der Waals surface area contributed by atoms with Crippen LogP contribution in [0, 0.1) is 5.92 Å². The van der Waals surface area contributed by atoms with Gasteiger partial charge in [-0.25, -0.2) is 0 Å². The van der Waals surface area contributed by atoms with Crippen molar-refractivity contribution in [3.63, 3.8) is 0 Å². The van der Waals surface area contributed by atoms with E-state index in [0.717, 1.165) is 25.3 Å². The summed E-state index contributed by atoms with van der Waals surface area (Å²) in [6.07, 6.45) is 14.2. The van der Waals surface area contributed by atoms with E-state index < -0.39 is 0 Å². The summed E-state index contributed by atoms with van der Waals surface area (Å²) >= 11 is 6.32. The van der Waals surface area contributed by atoms with Crippen molar-refractivity contribution in [1.29, 1.82) is 0 Å². The van der Waals surface area contributed by atoms with E-state index in [1.54, 1.807) is 6.92 Å². The Bertz CT molecular complexity index is 219. The zero-order valence-electron chi connectivity index (χ0n) is 15.2. The van der Waals surface area contributed by atoms with Crippen molar-refractivity contribution < 1.29 is 5.11 Å². The molecule has 0 rings (SSSR count). The van der Waals surface area contributed by atoms with Crippen LogP contribution < -0.4 is 5.32 Å². The predicted molar refractivity (Wildman–Crippen MR) is 99.8 cm³/mol. The molecule has 0 spiro atoms. The monoisotopic (exact) mass is 333 g/mol. The second kappa shape index (κ2) is 16.1. The van der Waals surface area contributed by atoms with Crippen LogP contribution in [0.1, 0.15) is 91.4 Å². The van der Waals surface area contributed by atoms with E-state index in [4.69, 9.17) is 16.7 Å². The molecule has 0 bridgehead atoms. The van der Waals surface area contributed by atoms with Crippen LogP contribution in [0.5, 0.6) is 0 Å². The van der Waals surface area contributed by atoms with Crippen molar-refractivity contribution in [2.75, 3.05) is 13.1 Å². The van der Waals surface area contributed by atoms with Gasteiger partial charge in [0, 0.05) is 11.9 Å². The Balaban J connectivity index is 3.24. The number of nitrogens with one attached hydrogen (secondary N) is 1. The smallest absolute Gasteiger partial charge is 0.0636 e. The third kappa shape index (κ3) is 15.1. The Morgan fingerprint density at radius 1 is 0.864 bits per heavy atom. The van der Waals surface area contributed by atoms with E-state index in [9.17, 15) is 0 Å². The van der Waals surface area contributed by atoms with Gasteiger partial charge in [-0.3, -0.25) is 0 Å². The van der Waals surface area contributed by atoms with E-state index in [-0.39, 0.29) is 11.5 Å². The van der Waals surface area contributed by atoms with Gasteiger partial charge < -0.3 is 10.4 Å². The van der Waals surface area contributed by atoms with Gasteiger partial charge in [0.1, 0.15) is 0 Å². The van der Waals surface area contributed by atoms with Gasteiger partial charge in [-0.2, -0.15) is 0 Å². The minimum absolute atomic E-state index is 0.265. The first-order chi connectivity index (χ1) is 10.6. The molecule has 2 atom stereocenters. The minimum Gasteiger partial charge on any atom is -0.392 e. The maximum atomic E-state index is 9.14. The van der Waals surface area contributed by atoms with Crippen LogP contribution in [-0.4, -0.2) is 29.7 Å². The summed E-state index contributed by atoms with van der Waals surface area (Å²) in [4.78, 5) is 0. The van der Waals surface area contributed by atoms with Crippen molar-refractivity contribution in [3.05, 3.63) is 0 Å². The van der Waals surface area contributed by atoms with Crippen LogP contribution in [0.4, 0.5) is 0 Å². The predicted octanol–water partition coefficient (Wildman–Crippen LogP) is 5.51. The Morgan fingerprint density at radius 2 is 1.41 bits per heavy atom.